The van der Waals surface area contributed by atoms with Gasteiger partial charge in [-0.2, -0.15) is 0 Å². The minimum absolute atomic E-state index is 0.0734. The Bertz CT molecular complexity index is 623. The number of rotatable bonds is 7. The number of benzene rings is 1. The van der Waals surface area contributed by atoms with Gasteiger partial charge in [-0.15, -0.1) is 0 Å². The summed E-state index contributed by atoms with van der Waals surface area (Å²) in [6.07, 6.45) is 0. The molecule has 0 radical (unpaired) electrons. The summed E-state index contributed by atoms with van der Waals surface area (Å²) in [4.78, 5) is 12.2. The molecule has 0 saturated carbocycles. The Kier molecular flexibility index (Phi) is 6.09. The van der Waals surface area contributed by atoms with Gasteiger partial charge in [-0.3, -0.25) is 15.0 Å². The lowest BCUT2D eigenvalue weighted by molar-refractivity contribution is -0.386. The fourth-order valence-corrected chi connectivity index (χ4v) is 2.98. The van der Waals surface area contributed by atoms with E-state index in [0.717, 1.165) is 6.07 Å². The van der Waals surface area contributed by atoms with E-state index in [1.54, 1.807) is 0 Å². The molecule has 10 heteroatoms. The molecular weight excluding hydrogens is 340 g/mol. The first-order valence-electron chi connectivity index (χ1n) is 7.69. The monoisotopic (exact) mass is 361 g/mol. The number of hydrogen-bond acceptors (Lipinski definition) is 7. The number of ether oxygens (including phenoxy) is 2. The van der Waals surface area contributed by atoms with Gasteiger partial charge in [0.25, 0.3) is 11.6 Å². The van der Waals surface area contributed by atoms with E-state index in [1.165, 1.54) is 25.2 Å². The highest BCUT2D eigenvalue weighted by atomic mass is 19.3. The van der Waals surface area contributed by atoms with Gasteiger partial charge in [-0.25, -0.2) is 8.78 Å². The molecule has 0 aromatic heterocycles. The van der Waals surface area contributed by atoms with Crippen LogP contribution in [0.1, 0.15) is 11.6 Å². The van der Waals surface area contributed by atoms with E-state index in [4.69, 9.17) is 9.47 Å². The SMILES string of the molecule is COc1cc([C@@H](N2CCNCC2)C(F)(F)CO)c([N+](=O)[O-])cc1OC. The van der Waals surface area contributed by atoms with Crippen LogP contribution in [0.2, 0.25) is 0 Å². The van der Waals surface area contributed by atoms with Crippen LogP contribution in [0.3, 0.4) is 0 Å². The highest BCUT2D eigenvalue weighted by Gasteiger charge is 2.47. The predicted octanol–water partition coefficient (Wildman–Crippen LogP) is 1.19. The Morgan fingerprint density at radius 1 is 1.32 bits per heavy atom. The van der Waals surface area contributed by atoms with Crippen molar-refractivity contribution >= 4 is 5.69 Å². The molecule has 1 aromatic carbocycles. The molecule has 2 rings (SSSR count). The fraction of sp³-hybridized carbons (Fsp3) is 0.600. The van der Waals surface area contributed by atoms with Crippen molar-refractivity contribution in [3.05, 3.63) is 27.8 Å². The zero-order valence-corrected chi connectivity index (χ0v) is 14.0. The number of piperazine rings is 1. The Morgan fingerprint density at radius 3 is 2.36 bits per heavy atom. The third kappa shape index (κ3) is 3.97. The number of halogens is 2. The molecule has 8 nitrogen and oxygen atoms in total. The molecule has 1 atom stereocenters. The van der Waals surface area contributed by atoms with Crippen molar-refractivity contribution in [3.8, 4) is 11.5 Å². The Morgan fingerprint density at radius 2 is 1.88 bits per heavy atom. The normalized spacial score (nSPS) is 17.2. The number of alkyl halides is 2. The average molecular weight is 361 g/mol. The third-order valence-electron chi connectivity index (χ3n) is 4.15. The van der Waals surface area contributed by atoms with Crippen molar-refractivity contribution in [1.29, 1.82) is 0 Å². The molecule has 1 aromatic rings. The van der Waals surface area contributed by atoms with E-state index in [2.05, 4.69) is 5.32 Å². The quantitative estimate of drug-likeness (QED) is 0.556. The van der Waals surface area contributed by atoms with Gasteiger partial charge in [-0.05, 0) is 6.07 Å². The van der Waals surface area contributed by atoms with Crippen molar-refractivity contribution in [1.82, 2.24) is 10.2 Å². The topological polar surface area (TPSA) is 97.1 Å². The minimum atomic E-state index is -3.57. The number of nitrogens with zero attached hydrogens (tertiary/aromatic N) is 2. The van der Waals surface area contributed by atoms with Crippen molar-refractivity contribution in [2.45, 2.75) is 12.0 Å². The lowest BCUT2D eigenvalue weighted by Crippen LogP contribution is -2.51. The van der Waals surface area contributed by atoms with Gasteiger partial charge in [0.15, 0.2) is 11.5 Å². The summed E-state index contributed by atoms with van der Waals surface area (Å²) >= 11 is 0. The summed E-state index contributed by atoms with van der Waals surface area (Å²) in [5, 5.41) is 23.7. The Hall–Kier alpha value is -2.04. The van der Waals surface area contributed by atoms with E-state index in [-0.39, 0.29) is 30.2 Å². The molecule has 0 bridgehead atoms. The molecule has 140 valence electrons. The van der Waals surface area contributed by atoms with Crippen LogP contribution in [-0.4, -0.2) is 67.9 Å². The van der Waals surface area contributed by atoms with Gasteiger partial charge >= 0.3 is 0 Å². The second kappa shape index (κ2) is 7.89. The van der Waals surface area contributed by atoms with Crippen LogP contribution in [0.15, 0.2) is 12.1 Å². The second-order valence-corrected chi connectivity index (χ2v) is 5.63. The van der Waals surface area contributed by atoms with Gasteiger partial charge in [-0.1, -0.05) is 0 Å². The molecule has 25 heavy (non-hydrogen) atoms. The van der Waals surface area contributed by atoms with E-state index >= 15 is 0 Å². The summed E-state index contributed by atoms with van der Waals surface area (Å²) in [5.74, 6) is -3.39. The summed E-state index contributed by atoms with van der Waals surface area (Å²) in [6.45, 7) is 0.0583. The zero-order chi connectivity index (χ0) is 18.6. The zero-order valence-electron chi connectivity index (χ0n) is 14.0. The average Bonchev–Trinajstić information content (AvgIpc) is 2.61. The number of aliphatic hydroxyl groups excluding tert-OH is 1. The van der Waals surface area contributed by atoms with Gasteiger partial charge in [0.1, 0.15) is 12.6 Å². The molecule has 2 N–H and O–H groups in total. The van der Waals surface area contributed by atoms with Gasteiger partial charge in [0, 0.05) is 26.2 Å². The molecule has 1 aliphatic heterocycles. The van der Waals surface area contributed by atoms with Crippen LogP contribution in [0, 0.1) is 10.1 Å². The highest BCUT2D eigenvalue weighted by Crippen LogP contribution is 2.44. The fourth-order valence-electron chi connectivity index (χ4n) is 2.98. The highest BCUT2D eigenvalue weighted by molar-refractivity contribution is 5.56. The van der Waals surface area contributed by atoms with Gasteiger partial charge in [0.05, 0.1) is 30.8 Å². The molecule has 1 fully saturated rings. The van der Waals surface area contributed by atoms with Crippen molar-refractivity contribution in [3.63, 3.8) is 0 Å². The van der Waals surface area contributed by atoms with Crippen molar-refractivity contribution in [2.75, 3.05) is 47.0 Å². The number of nitrogens with one attached hydrogen (secondary N) is 1. The number of hydrogen-bond donors (Lipinski definition) is 2. The summed E-state index contributed by atoms with van der Waals surface area (Å²) in [7, 11) is 2.62. The maximum atomic E-state index is 14.5. The molecular formula is C15H21F2N3O5. The summed E-state index contributed by atoms with van der Waals surface area (Å²) in [5.41, 5.74) is -0.724. The van der Waals surface area contributed by atoms with E-state index in [9.17, 15) is 24.0 Å². The molecule has 0 unspecified atom stereocenters. The number of methoxy groups -OCH3 is 2. The first-order valence-corrected chi connectivity index (χ1v) is 7.69. The Labute approximate surface area is 143 Å². The van der Waals surface area contributed by atoms with Crippen LogP contribution >= 0.6 is 0 Å². The van der Waals surface area contributed by atoms with Crippen LogP contribution in [0.25, 0.3) is 0 Å². The molecule has 0 spiro atoms. The maximum Gasteiger partial charge on any atom is 0.290 e. The number of aliphatic hydroxyl groups is 1. The predicted molar refractivity (Wildman–Crippen MR) is 85.4 cm³/mol. The molecule has 1 heterocycles. The van der Waals surface area contributed by atoms with E-state index < -0.39 is 29.2 Å². The third-order valence-corrected chi connectivity index (χ3v) is 4.15. The van der Waals surface area contributed by atoms with E-state index in [0.29, 0.717) is 13.1 Å². The van der Waals surface area contributed by atoms with Gasteiger partial charge < -0.3 is 19.9 Å². The van der Waals surface area contributed by atoms with Crippen molar-refractivity contribution in [2.24, 2.45) is 0 Å². The standard InChI is InChI=1S/C15H21F2N3O5/c1-24-12-7-10(11(20(22)23)8-13(12)25-2)14(15(16,17)9-21)19-5-3-18-4-6-19/h7-8,14,18,21H,3-6,9H2,1-2H3/t14-/m1/s1. The molecule has 0 amide bonds. The van der Waals surface area contributed by atoms with Crippen LogP contribution in [0.4, 0.5) is 14.5 Å². The molecule has 1 aliphatic rings. The maximum absolute atomic E-state index is 14.5. The first kappa shape index (κ1) is 19.3. The lowest BCUT2D eigenvalue weighted by Gasteiger charge is -2.38. The second-order valence-electron chi connectivity index (χ2n) is 5.63. The number of nitro groups is 1. The van der Waals surface area contributed by atoms with Crippen LogP contribution in [-0.2, 0) is 0 Å². The first-order chi connectivity index (χ1) is 11.9. The van der Waals surface area contributed by atoms with Gasteiger partial charge in [0.2, 0.25) is 0 Å². The Balaban J connectivity index is 2.63. The van der Waals surface area contributed by atoms with Crippen molar-refractivity contribution < 1.29 is 28.3 Å². The van der Waals surface area contributed by atoms with Crippen LogP contribution in [0.5, 0.6) is 11.5 Å². The minimum Gasteiger partial charge on any atom is -0.493 e. The van der Waals surface area contributed by atoms with E-state index in [1.807, 2.05) is 0 Å². The van der Waals surface area contributed by atoms with Crippen LogP contribution < -0.4 is 14.8 Å². The molecule has 1 saturated heterocycles. The number of nitro benzene ring substituents is 1. The molecule has 0 aliphatic carbocycles. The largest absolute Gasteiger partial charge is 0.493 e. The summed E-state index contributed by atoms with van der Waals surface area (Å²) in [6, 6.07) is 0.601. The smallest absolute Gasteiger partial charge is 0.290 e. The summed E-state index contributed by atoms with van der Waals surface area (Å²) < 4.78 is 39.2. The lowest BCUT2D eigenvalue weighted by atomic mass is 9.96.